The maximum atomic E-state index is 12.6. The third-order valence-electron chi connectivity index (χ3n) is 5.88. The van der Waals surface area contributed by atoms with Gasteiger partial charge in [0, 0.05) is 0 Å². The Hall–Kier alpha value is -2.61. The van der Waals surface area contributed by atoms with E-state index in [2.05, 4.69) is 84.9 Å². The molecule has 0 N–H and O–H groups in total. The molecule has 1 aliphatic rings. The molecule has 0 amide bonds. The van der Waals surface area contributed by atoms with Gasteiger partial charge in [0.25, 0.3) is 0 Å². The number of carbonyl (C=O) groups excluding carboxylic acids is 1. The molecule has 3 aromatic rings. The van der Waals surface area contributed by atoms with E-state index in [0.717, 1.165) is 12.8 Å². The molecule has 4 rings (SSSR count). The van der Waals surface area contributed by atoms with Gasteiger partial charge in [-0.25, -0.2) is 0 Å². The van der Waals surface area contributed by atoms with Crippen molar-refractivity contribution in [2.75, 3.05) is 6.61 Å². The van der Waals surface area contributed by atoms with E-state index < -0.39 is 0 Å². The molecule has 31 heavy (non-hydrogen) atoms. The fourth-order valence-corrected chi connectivity index (χ4v) is 6.41. The van der Waals surface area contributed by atoms with Gasteiger partial charge in [0.15, 0.2) is 0 Å². The van der Waals surface area contributed by atoms with Crippen molar-refractivity contribution in [3.05, 3.63) is 114 Å². The van der Waals surface area contributed by atoms with Gasteiger partial charge in [-0.15, -0.1) is 0 Å². The van der Waals surface area contributed by atoms with E-state index in [-0.39, 0.29) is 31.2 Å². The topological polar surface area (TPSA) is 26.3 Å². The summed E-state index contributed by atoms with van der Waals surface area (Å²) >= 11 is 0.0529. The zero-order chi connectivity index (χ0) is 21.5. The SMILES string of the molecule is CCOC(=O)C(C/C=C\C1CC1(c1ccccc1)c1ccccc1)[Se]c1ccccc1. The predicted octanol–water partition coefficient (Wildman–Crippen LogP) is 5.32. The zero-order valence-corrected chi connectivity index (χ0v) is 19.5. The average molecular weight is 475 g/mol. The molecule has 0 radical (unpaired) electrons. The van der Waals surface area contributed by atoms with Crippen molar-refractivity contribution < 1.29 is 9.53 Å². The summed E-state index contributed by atoms with van der Waals surface area (Å²) in [7, 11) is 0. The van der Waals surface area contributed by atoms with Crippen LogP contribution in [0.15, 0.2) is 103 Å². The van der Waals surface area contributed by atoms with E-state index in [1.165, 1.54) is 15.6 Å². The van der Waals surface area contributed by atoms with Gasteiger partial charge >= 0.3 is 192 Å². The molecule has 2 nitrogen and oxygen atoms in total. The number of esters is 1. The number of rotatable bonds is 9. The Morgan fingerprint density at radius 1 is 0.968 bits per heavy atom. The van der Waals surface area contributed by atoms with Gasteiger partial charge in [-0.05, 0) is 0 Å². The van der Waals surface area contributed by atoms with Crippen LogP contribution in [0.5, 0.6) is 0 Å². The monoisotopic (exact) mass is 476 g/mol. The molecule has 0 bridgehead atoms. The molecule has 0 aliphatic heterocycles. The van der Waals surface area contributed by atoms with Gasteiger partial charge in [-0.2, -0.15) is 0 Å². The molecule has 1 fully saturated rings. The van der Waals surface area contributed by atoms with Crippen molar-refractivity contribution in [2.45, 2.75) is 30.0 Å². The van der Waals surface area contributed by atoms with Gasteiger partial charge < -0.3 is 0 Å². The normalized spacial score (nSPS) is 17.9. The van der Waals surface area contributed by atoms with Crippen LogP contribution >= 0.6 is 0 Å². The van der Waals surface area contributed by atoms with Crippen molar-refractivity contribution in [1.82, 2.24) is 0 Å². The van der Waals surface area contributed by atoms with E-state index >= 15 is 0 Å². The Balaban J connectivity index is 1.50. The van der Waals surface area contributed by atoms with E-state index in [1.807, 2.05) is 25.1 Å². The summed E-state index contributed by atoms with van der Waals surface area (Å²) in [6.45, 7) is 2.30. The van der Waals surface area contributed by atoms with E-state index in [9.17, 15) is 4.79 Å². The minimum absolute atomic E-state index is 0.0447. The van der Waals surface area contributed by atoms with Crippen LogP contribution in [0.2, 0.25) is 4.82 Å². The van der Waals surface area contributed by atoms with Crippen molar-refractivity contribution in [3.63, 3.8) is 0 Å². The second kappa shape index (κ2) is 10.1. The first kappa shape index (κ1) is 21.6. The Morgan fingerprint density at radius 3 is 2.06 bits per heavy atom. The van der Waals surface area contributed by atoms with Crippen LogP contribution in [0, 0.1) is 5.92 Å². The predicted molar refractivity (Wildman–Crippen MR) is 128 cm³/mol. The Morgan fingerprint density at radius 2 is 1.52 bits per heavy atom. The van der Waals surface area contributed by atoms with Crippen molar-refractivity contribution >= 4 is 25.4 Å². The fraction of sp³-hybridized carbons (Fsp3) is 0.250. The van der Waals surface area contributed by atoms with Crippen LogP contribution in [0.25, 0.3) is 0 Å². The third-order valence-corrected chi connectivity index (χ3v) is 8.43. The van der Waals surface area contributed by atoms with Crippen LogP contribution in [0.1, 0.15) is 30.9 Å². The molecule has 0 heterocycles. The molecule has 3 aromatic carbocycles. The molecular weight excluding hydrogens is 447 g/mol. The fourth-order valence-electron chi connectivity index (χ4n) is 4.28. The number of benzene rings is 3. The number of allylic oxidation sites excluding steroid dienone is 2. The van der Waals surface area contributed by atoms with Crippen LogP contribution in [-0.4, -0.2) is 27.5 Å². The second-order valence-electron chi connectivity index (χ2n) is 7.85. The van der Waals surface area contributed by atoms with E-state index in [0.29, 0.717) is 12.5 Å². The standard InChI is InChI=1S/C28H28O2Se/c1-2-30-27(29)26(31-25-18-10-5-11-19-25)20-12-17-24-21-28(24,22-13-6-3-7-14-22)23-15-8-4-9-16-23/h3-19,24,26H,2,20-21H2,1H3/b17-12-. The summed E-state index contributed by atoms with van der Waals surface area (Å²) in [6, 6.07) is 31.9. The van der Waals surface area contributed by atoms with Crippen LogP contribution in [-0.2, 0) is 14.9 Å². The Labute approximate surface area is 191 Å². The molecule has 0 saturated heterocycles. The van der Waals surface area contributed by atoms with Crippen molar-refractivity contribution in [1.29, 1.82) is 0 Å². The summed E-state index contributed by atoms with van der Waals surface area (Å²) < 4.78 is 6.60. The molecule has 2 unspecified atom stereocenters. The third kappa shape index (κ3) is 5.01. The summed E-state index contributed by atoms with van der Waals surface area (Å²) in [5.41, 5.74) is 2.78. The summed E-state index contributed by atoms with van der Waals surface area (Å²) in [5, 5.41) is 0. The van der Waals surface area contributed by atoms with Gasteiger partial charge in [0.2, 0.25) is 0 Å². The first-order valence-electron chi connectivity index (χ1n) is 10.9. The molecule has 0 spiro atoms. The van der Waals surface area contributed by atoms with Crippen LogP contribution in [0.3, 0.4) is 0 Å². The molecule has 0 aromatic heterocycles. The summed E-state index contributed by atoms with van der Waals surface area (Å²) in [5.74, 6) is 0.369. The number of carbonyl (C=O) groups is 1. The first-order chi connectivity index (χ1) is 15.2. The molecule has 2 atom stereocenters. The average Bonchev–Trinajstić information content (AvgIpc) is 3.56. The molecule has 158 valence electrons. The van der Waals surface area contributed by atoms with Gasteiger partial charge in [0.1, 0.15) is 0 Å². The van der Waals surface area contributed by atoms with Gasteiger partial charge in [-0.3, -0.25) is 0 Å². The zero-order valence-electron chi connectivity index (χ0n) is 17.8. The summed E-state index contributed by atoms with van der Waals surface area (Å²) in [6.07, 6.45) is 6.37. The second-order valence-corrected chi connectivity index (χ2v) is 10.5. The van der Waals surface area contributed by atoms with Crippen molar-refractivity contribution in [3.8, 4) is 0 Å². The summed E-state index contributed by atoms with van der Waals surface area (Å²) in [4.78, 5) is 12.5. The van der Waals surface area contributed by atoms with Gasteiger partial charge in [0.05, 0.1) is 0 Å². The Bertz CT molecular complexity index is 959. The van der Waals surface area contributed by atoms with E-state index in [4.69, 9.17) is 4.74 Å². The van der Waals surface area contributed by atoms with Crippen LogP contribution < -0.4 is 4.46 Å². The molecule has 3 heteroatoms. The van der Waals surface area contributed by atoms with Crippen molar-refractivity contribution in [2.24, 2.45) is 5.92 Å². The molecule has 1 saturated carbocycles. The first-order valence-corrected chi connectivity index (χ1v) is 12.7. The maximum absolute atomic E-state index is 12.6. The number of hydrogen-bond acceptors (Lipinski definition) is 2. The Kier molecular flexibility index (Phi) is 7.06. The van der Waals surface area contributed by atoms with Crippen LogP contribution in [0.4, 0.5) is 0 Å². The number of hydrogen-bond donors (Lipinski definition) is 0. The molecule has 1 aliphatic carbocycles. The minimum atomic E-state index is -0.0901. The van der Waals surface area contributed by atoms with Gasteiger partial charge in [-0.1, -0.05) is 0 Å². The quantitative estimate of drug-likeness (QED) is 0.238. The molecular formula is C28H28O2Se. The van der Waals surface area contributed by atoms with E-state index in [1.54, 1.807) is 0 Å². The number of ether oxygens (including phenoxy) is 1.